The van der Waals surface area contributed by atoms with Crippen LogP contribution in [0.2, 0.25) is 6.82 Å². The van der Waals surface area contributed by atoms with E-state index in [9.17, 15) is 0 Å². The Labute approximate surface area is 163 Å². The van der Waals surface area contributed by atoms with Gasteiger partial charge in [-0.1, -0.05) is 31.1 Å². The number of fused-ring (bicyclic) bond motifs is 2. The molecule has 1 fully saturated rings. The van der Waals surface area contributed by atoms with Gasteiger partial charge in [-0.15, -0.1) is 0 Å². The maximum absolute atomic E-state index is 2.66. The van der Waals surface area contributed by atoms with Crippen LogP contribution < -0.4 is 19.6 Å². The fourth-order valence-corrected chi connectivity index (χ4v) is 5.52. The highest BCUT2D eigenvalue weighted by Gasteiger charge is 2.52. The molecule has 2 unspecified atom stereocenters. The number of para-hydroxylation sites is 4. The lowest BCUT2D eigenvalue weighted by atomic mass is 9.29. The zero-order valence-corrected chi connectivity index (χ0v) is 17.0. The largest absolute Gasteiger partial charge is 0.354 e. The number of anilines is 4. The van der Waals surface area contributed by atoms with Gasteiger partial charge in [0.1, 0.15) is 0 Å². The average Bonchev–Trinajstić information content (AvgIpc) is 3.08. The lowest BCUT2D eigenvalue weighted by molar-refractivity contribution is 0.488. The summed E-state index contributed by atoms with van der Waals surface area (Å²) in [5.74, 6) is 1.20. The van der Waals surface area contributed by atoms with E-state index in [0.717, 1.165) is 0 Å². The molecule has 0 radical (unpaired) electrons. The monoisotopic (exact) mass is 360 g/mol. The van der Waals surface area contributed by atoms with Crippen molar-refractivity contribution >= 4 is 29.5 Å². The lowest BCUT2D eigenvalue weighted by Crippen LogP contribution is -2.70. The van der Waals surface area contributed by atoms with Crippen LogP contribution in [0, 0.1) is 0 Å². The van der Waals surface area contributed by atoms with Crippen molar-refractivity contribution in [2.45, 2.75) is 51.3 Å². The van der Waals surface area contributed by atoms with E-state index in [-0.39, 0.29) is 0 Å². The van der Waals surface area contributed by atoms with Crippen molar-refractivity contribution < 1.29 is 0 Å². The molecule has 2 aromatic carbocycles. The fraction of sp³-hybridized carbons (Fsp3) is 0.455. The van der Waals surface area contributed by atoms with Crippen LogP contribution in [0.4, 0.5) is 22.7 Å². The maximum Gasteiger partial charge on any atom is 0.191 e. The van der Waals surface area contributed by atoms with E-state index >= 15 is 0 Å². The Hall–Kier alpha value is -2.30. The molecule has 3 aliphatic heterocycles. The summed E-state index contributed by atoms with van der Waals surface area (Å²) in [6.45, 7) is 7.75. The molecule has 0 amide bonds. The summed E-state index contributed by atoms with van der Waals surface area (Å²) in [6, 6.07) is 17.7. The second-order valence-corrected chi connectivity index (χ2v) is 8.51. The highest BCUT2D eigenvalue weighted by Crippen LogP contribution is 2.47. The molecule has 4 atom stereocenters. The molecule has 140 valence electrons. The molecule has 5 heteroatoms. The highest BCUT2D eigenvalue weighted by atomic mass is 15.4. The van der Waals surface area contributed by atoms with Gasteiger partial charge in [-0.2, -0.15) is 0 Å². The smallest absolute Gasteiger partial charge is 0.191 e. The molecular weight excluding hydrogens is 331 g/mol. The Balaban J connectivity index is 1.42. The van der Waals surface area contributed by atoms with Crippen LogP contribution >= 0.6 is 0 Å². The number of nitrogens with zero attached hydrogens (tertiary/aromatic N) is 4. The Morgan fingerprint density at radius 1 is 0.704 bits per heavy atom. The van der Waals surface area contributed by atoms with E-state index in [2.05, 4.69) is 103 Å². The predicted octanol–water partition coefficient (Wildman–Crippen LogP) is 3.94. The number of hydrogen-bond acceptors (Lipinski definition) is 4. The third-order valence-electron chi connectivity index (χ3n) is 7.42. The summed E-state index contributed by atoms with van der Waals surface area (Å²) in [4.78, 5) is 10.1. The van der Waals surface area contributed by atoms with E-state index in [4.69, 9.17) is 0 Å². The normalized spacial score (nSPS) is 29.1. The molecule has 0 aliphatic carbocycles. The van der Waals surface area contributed by atoms with Gasteiger partial charge in [0.2, 0.25) is 0 Å². The molecule has 3 aliphatic rings. The van der Waals surface area contributed by atoms with Crippen molar-refractivity contribution in [3.05, 3.63) is 48.5 Å². The summed E-state index contributed by atoms with van der Waals surface area (Å²) in [6.07, 6.45) is 2.06. The maximum atomic E-state index is 2.66. The summed E-state index contributed by atoms with van der Waals surface area (Å²) in [5.41, 5.74) is 5.52. The van der Waals surface area contributed by atoms with E-state index in [1.807, 2.05) is 0 Å². The first-order valence-corrected chi connectivity index (χ1v) is 10.2. The molecule has 0 N–H and O–H groups in total. The average molecular weight is 360 g/mol. The van der Waals surface area contributed by atoms with Crippen molar-refractivity contribution in [3.63, 3.8) is 0 Å². The summed E-state index contributed by atoms with van der Waals surface area (Å²) in [5, 5.41) is 0. The van der Waals surface area contributed by atoms with Gasteiger partial charge in [-0.25, -0.2) is 0 Å². The second-order valence-electron chi connectivity index (χ2n) is 8.51. The molecule has 0 aromatic heterocycles. The Kier molecular flexibility index (Phi) is 3.65. The summed E-state index contributed by atoms with van der Waals surface area (Å²) < 4.78 is 0. The third kappa shape index (κ3) is 2.17. The predicted molar refractivity (Wildman–Crippen MR) is 117 cm³/mol. The fourth-order valence-electron chi connectivity index (χ4n) is 5.52. The quantitative estimate of drug-likeness (QED) is 0.752. The van der Waals surface area contributed by atoms with E-state index in [1.54, 1.807) is 0 Å². The van der Waals surface area contributed by atoms with Gasteiger partial charge in [0, 0.05) is 26.0 Å². The van der Waals surface area contributed by atoms with Crippen molar-refractivity contribution in [2.24, 2.45) is 0 Å². The zero-order valence-electron chi connectivity index (χ0n) is 17.0. The first kappa shape index (κ1) is 16.8. The molecule has 4 nitrogen and oxygen atoms in total. The van der Waals surface area contributed by atoms with E-state index in [1.165, 1.54) is 29.2 Å². The number of benzene rings is 2. The van der Waals surface area contributed by atoms with Crippen molar-refractivity contribution in [1.29, 1.82) is 0 Å². The minimum Gasteiger partial charge on any atom is -0.354 e. The van der Waals surface area contributed by atoms with Crippen molar-refractivity contribution in [2.75, 3.05) is 33.7 Å². The molecule has 0 spiro atoms. The van der Waals surface area contributed by atoms with E-state index in [0.29, 0.717) is 30.9 Å². The van der Waals surface area contributed by atoms with Crippen LogP contribution in [0.5, 0.6) is 0 Å². The molecule has 5 rings (SSSR count). The lowest BCUT2D eigenvalue weighted by Gasteiger charge is -2.53. The third-order valence-corrected chi connectivity index (χ3v) is 7.42. The minimum atomic E-state index is 0.418. The van der Waals surface area contributed by atoms with Crippen LogP contribution in [0.25, 0.3) is 0 Å². The van der Waals surface area contributed by atoms with Crippen LogP contribution in [0.3, 0.4) is 0 Å². The zero-order chi connectivity index (χ0) is 18.9. The van der Waals surface area contributed by atoms with Gasteiger partial charge in [0.15, 0.2) is 6.71 Å². The Morgan fingerprint density at radius 2 is 1.07 bits per heavy atom. The van der Waals surface area contributed by atoms with Gasteiger partial charge in [-0.05, 0) is 44.5 Å². The Bertz CT molecular complexity index is 801. The summed E-state index contributed by atoms with van der Waals surface area (Å²) in [7, 11) is 4.44. The molecule has 0 saturated carbocycles. The van der Waals surface area contributed by atoms with Gasteiger partial charge in [0.05, 0.1) is 35.1 Å². The molecule has 2 aromatic rings. The standard InChI is InChI=1S/C22H29BN4/c1-15-24(4)17-10-6-8-12-19(17)26(15)21-14-22(23(21)3)27-16(2)25(5)18-11-7-9-13-20(18)27/h6-13,15-16,21-22H,14H2,1-5H3/t15-,16+,21?,22?. The molecule has 27 heavy (non-hydrogen) atoms. The van der Waals surface area contributed by atoms with Crippen LogP contribution in [-0.2, 0) is 0 Å². The first-order valence-electron chi connectivity index (χ1n) is 10.2. The van der Waals surface area contributed by atoms with Crippen LogP contribution in [-0.4, -0.2) is 45.0 Å². The number of hydrogen-bond donors (Lipinski definition) is 0. The second kappa shape index (κ2) is 5.85. The van der Waals surface area contributed by atoms with Gasteiger partial charge in [0.25, 0.3) is 0 Å². The minimum absolute atomic E-state index is 0.418. The van der Waals surface area contributed by atoms with Crippen molar-refractivity contribution in [1.82, 2.24) is 0 Å². The molecule has 0 bridgehead atoms. The van der Waals surface area contributed by atoms with Gasteiger partial charge in [-0.3, -0.25) is 0 Å². The Morgan fingerprint density at radius 3 is 1.44 bits per heavy atom. The number of rotatable bonds is 2. The molecule has 1 saturated heterocycles. The molecule has 3 heterocycles. The van der Waals surface area contributed by atoms with Crippen molar-refractivity contribution in [3.8, 4) is 0 Å². The summed E-state index contributed by atoms with van der Waals surface area (Å²) >= 11 is 0. The van der Waals surface area contributed by atoms with E-state index < -0.39 is 0 Å². The first-order chi connectivity index (χ1) is 13.0. The van der Waals surface area contributed by atoms with Crippen LogP contribution in [0.1, 0.15) is 20.3 Å². The highest BCUT2D eigenvalue weighted by molar-refractivity contribution is 6.65. The topological polar surface area (TPSA) is 13.0 Å². The molecular formula is C22H29BN4. The SMILES string of the molecule is CB1C(N2c3ccccc3N(C)[C@H]2C)CC1N1c2ccccc2N(C)[C@@H]1C. The van der Waals surface area contributed by atoms with Crippen LogP contribution in [0.15, 0.2) is 48.5 Å². The van der Waals surface area contributed by atoms with Gasteiger partial charge < -0.3 is 19.6 Å². The van der Waals surface area contributed by atoms with Gasteiger partial charge >= 0.3 is 0 Å².